The number of nitrogens with one attached hydrogen (secondary N) is 1. The summed E-state index contributed by atoms with van der Waals surface area (Å²) in [5.74, 6) is -0.588. The minimum Gasteiger partial charge on any atom is -0.394 e. The molecular formula is C67H131NO5. The number of hydrogen-bond acceptors (Lipinski definition) is 5. The second-order valence-electron chi connectivity index (χ2n) is 23.2. The number of aliphatic hydroxyl groups is 4. The molecule has 0 radical (unpaired) electrons. The third-order valence-electron chi connectivity index (χ3n) is 15.9. The van der Waals surface area contributed by atoms with E-state index in [1.165, 1.54) is 302 Å². The molecule has 4 unspecified atom stereocenters. The van der Waals surface area contributed by atoms with E-state index in [2.05, 4.69) is 43.5 Å². The Balaban J connectivity index is 3.58. The van der Waals surface area contributed by atoms with E-state index in [0.717, 1.165) is 38.5 Å². The summed E-state index contributed by atoms with van der Waals surface area (Å²) in [5, 5.41) is 44.1. The van der Waals surface area contributed by atoms with Gasteiger partial charge in [0.1, 0.15) is 12.2 Å². The first-order valence-electron chi connectivity index (χ1n) is 33.2. The van der Waals surface area contributed by atoms with E-state index in [1.807, 2.05) is 0 Å². The maximum absolute atomic E-state index is 12.6. The Morgan fingerprint density at radius 2 is 0.562 bits per heavy atom. The minimum atomic E-state index is -1.28. The number of aliphatic hydroxyl groups excluding tert-OH is 4. The Kier molecular flexibility index (Phi) is 60.6. The second-order valence-corrected chi connectivity index (χ2v) is 23.2. The fraction of sp³-hybridized carbons (Fsp3) is 0.925. The Bertz CT molecular complexity index is 1110. The van der Waals surface area contributed by atoms with Gasteiger partial charge >= 0.3 is 0 Å². The van der Waals surface area contributed by atoms with E-state index in [4.69, 9.17) is 0 Å². The smallest absolute Gasteiger partial charge is 0.249 e. The lowest BCUT2D eigenvalue weighted by Gasteiger charge is -2.27. The van der Waals surface area contributed by atoms with E-state index in [0.29, 0.717) is 12.8 Å². The number of carbonyl (C=O) groups excluding carboxylic acids is 1. The molecule has 5 N–H and O–H groups in total. The molecule has 434 valence electrons. The van der Waals surface area contributed by atoms with Gasteiger partial charge < -0.3 is 25.7 Å². The van der Waals surface area contributed by atoms with Crippen LogP contribution in [0.2, 0.25) is 0 Å². The van der Waals surface area contributed by atoms with Crippen molar-refractivity contribution >= 4 is 5.91 Å². The van der Waals surface area contributed by atoms with Crippen LogP contribution in [0.4, 0.5) is 0 Å². The molecular weight excluding hydrogens is 899 g/mol. The van der Waals surface area contributed by atoms with Crippen LogP contribution in [-0.4, -0.2) is 57.3 Å². The van der Waals surface area contributed by atoms with Gasteiger partial charge in [-0.3, -0.25) is 4.79 Å². The zero-order valence-corrected chi connectivity index (χ0v) is 49.4. The molecule has 0 aliphatic rings. The van der Waals surface area contributed by atoms with Crippen LogP contribution in [0.15, 0.2) is 24.3 Å². The van der Waals surface area contributed by atoms with Crippen LogP contribution >= 0.6 is 0 Å². The maximum atomic E-state index is 12.6. The molecule has 0 aromatic carbocycles. The Morgan fingerprint density at radius 1 is 0.329 bits per heavy atom. The summed E-state index contributed by atoms with van der Waals surface area (Å²) in [6.45, 7) is 4.10. The highest BCUT2D eigenvalue weighted by atomic mass is 16.3. The largest absolute Gasteiger partial charge is 0.394 e. The summed E-state index contributed by atoms with van der Waals surface area (Å²) >= 11 is 0. The summed E-state index contributed by atoms with van der Waals surface area (Å²) in [5.41, 5.74) is 0. The Morgan fingerprint density at radius 3 is 0.822 bits per heavy atom. The van der Waals surface area contributed by atoms with Crippen LogP contribution in [0, 0.1) is 0 Å². The van der Waals surface area contributed by atoms with Crippen LogP contribution in [-0.2, 0) is 4.79 Å². The monoisotopic (exact) mass is 1030 g/mol. The number of rotatable bonds is 62. The Labute approximate surface area is 456 Å². The predicted octanol–water partition coefficient (Wildman–Crippen LogP) is 20.2. The van der Waals surface area contributed by atoms with Gasteiger partial charge in [0.05, 0.1) is 18.8 Å². The van der Waals surface area contributed by atoms with Crippen molar-refractivity contribution in [1.82, 2.24) is 5.32 Å². The highest BCUT2D eigenvalue weighted by Crippen LogP contribution is 2.19. The number of unbranched alkanes of at least 4 members (excludes halogenated alkanes) is 49. The molecule has 0 fully saturated rings. The summed E-state index contributed by atoms with van der Waals surface area (Å²) in [6, 6.07) is -1.00. The van der Waals surface area contributed by atoms with Crippen molar-refractivity contribution in [3.05, 3.63) is 24.3 Å². The minimum absolute atomic E-state index is 0.365. The van der Waals surface area contributed by atoms with Gasteiger partial charge in [0.25, 0.3) is 0 Å². The van der Waals surface area contributed by atoms with Crippen LogP contribution in [0.5, 0.6) is 0 Å². The molecule has 0 rings (SSSR count). The maximum Gasteiger partial charge on any atom is 0.249 e. The third kappa shape index (κ3) is 55.4. The Hall–Kier alpha value is -1.21. The molecule has 73 heavy (non-hydrogen) atoms. The van der Waals surface area contributed by atoms with Crippen LogP contribution in [0.3, 0.4) is 0 Å². The van der Waals surface area contributed by atoms with Gasteiger partial charge in [0.2, 0.25) is 5.91 Å². The van der Waals surface area contributed by atoms with Crippen molar-refractivity contribution in [3.63, 3.8) is 0 Å². The van der Waals surface area contributed by atoms with E-state index < -0.39 is 36.9 Å². The molecule has 0 heterocycles. The number of amides is 1. The first-order valence-corrected chi connectivity index (χ1v) is 33.2. The standard InChI is InChI=1S/C67H131NO5/c1-3-5-7-9-11-13-15-17-19-21-23-25-27-29-31-33-35-36-38-40-42-44-46-48-50-52-54-56-58-60-64(70)66(72)63(62-69)68-67(73)65(71)61-59-57-55-53-51-49-47-45-43-41-39-37-34-32-30-28-26-24-22-20-18-16-14-12-10-8-6-4-2/h30,32,52,54,63-66,69-72H,3-29,31,33-51,53,55-62H2,1-2H3,(H,68,73)/b32-30-,54-52+. The van der Waals surface area contributed by atoms with Crippen LogP contribution in [0.1, 0.15) is 367 Å². The summed E-state index contributed by atoms with van der Waals surface area (Å²) in [6.07, 6.45) is 77.2. The van der Waals surface area contributed by atoms with Gasteiger partial charge in [-0.15, -0.1) is 0 Å². The lowest BCUT2D eigenvalue weighted by atomic mass is 10.00. The lowest BCUT2D eigenvalue weighted by Crippen LogP contribution is -2.53. The third-order valence-corrected chi connectivity index (χ3v) is 15.9. The second kappa shape index (κ2) is 61.6. The molecule has 0 aromatic heterocycles. The predicted molar refractivity (Wildman–Crippen MR) is 321 cm³/mol. The van der Waals surface area contributed by atoms with Gasteiger partial charge in [0, 0.05) is 0 Å². The van der Waals surface area contributed by atoms with Crippen molar-refractivity contribution in [2.75, 3.05) is 6.61 Å². The molecule has 0 saturated heterocycles. The van der Waals surface area contributed by atoms with Crippen molar-refractivity contribution in [3.8, 4) is 0 Å². The average molecular weight is 1030 g/mol. The quantitative estimate of drug-likeness (QED) is 0.0308. The highest BCUT2D eigenvalue weighted by molar-refractivity contribution is 5.80. The molecule has 4 atom stereocenters. The number of carbonyl (C=O) groups is 1. The highest BCUT2D eigenvalue weighted by Gasteiger charge is 2.28. The van der Waals surface area contributed by atoms with Gasteiger partial charge in [0.15, 0.2) is 0 Å². The fourth-order valence-electron chi connectivity index (χ4n) is 10.7. The lowest BCUT2D eigenvalue weighted by molar-refractivity contribution is -0.132. The van der Waals surface area contributed by atoms with Gasteiger partial charge in [-0.05, 0) is 64.2 Å². The van der Waals surface area contributed by atoms with E-state index in [-0.39, 0.29) is 0 Å². The topological polar surface area (TPSA) is 110 Å². The fourth-order valence-corrected chi connectivity index (χ4v) is 10.7. The molecule has 6 heteroatoms. The summed E-state index contributed by atoms with van der Waals surface area (Å²) < 4.78 is 0. The first-order chi connectivity index (χ1) is 36.0. The van der Waals surface area contributed by atoms with Crippen molar-refractivity contribution < 1.29 is 25.2 Å². The van der Waals surface area contributed by atoms with Crippen molar-refractivity contribution in [2.45, 2.75) is 391 Å². The average Bonchev–Trinajstić information content (AvgIpc) is 3.40. The molecule has 0 aliphatic carbocycles. The molecule has 0 aromatic rings. The molecule has 6 nitrogen and oxygen atoms in total. The molecule has 0 saturated carbocycles. The normalized spacial score (nSPS) is 13.7. The summed E-state index contributed by atoms with van der Waals surface area (Å²) in [4.78, 5) is 12.6. The SMILES string of the molecule is CCCCCCCCCCCCCC/C=C\CCCCCCCCCCCCCCC(O)C(=O)NC(CO)C(O)C(O)CCC/C=C/CCCCCCCCCCCCCCCCCCCCCCCCCC. The van der Waals surface area contributed by atoms with Gasteiger partial charge in [-0.2, -0.15) is 0 Å². The number of hydrogen-bond donors (Lipinski definition) is 5. The van der Waals surface area contributed by atoms with Gasteiger partial charge in [-0.25, -0.2) is 0 Å². The molecule has 0 spiro atoms. The molecule has 0 aliphatic heterocycles. The zero-order valence-electron chi connectivity index (χ0n) is 49.4. The zero-order chi connectivity index (χ0) is 53.0. The van der Waals surface area contributed by atoms with Crippen molar-refractivity contribution in [2.24, 2.45) is 0 Å². The molecule has 1 amide bonds. The van der Waals surface area contributed by atoms with Gasteiger partial charge in [-0.1, -0.05) is 327 Å². The molecule has 0 bridgehead atoms. The summed E-state index contributed by atoms with van der Waals surface area (Å²) in [7, 11) is 0. The van der Waals surface area contributed by atoms with Crippen LogP contribution in [0.25, 0.3) is 0 Å². The number of allylic oxidation sites excluding steroid dienone is 4. The van der Waals surface area contributed by atoms with E-state index >= 15 is 0 Å². The van der Waals surface area contributed by atoms with Crippen LogP contribution < -0.4 is 5.32 Å². The van der Waals surface area contributed by atoms with E-state index in [1.54, 1.807) is 0 Å². The van der Waals surface area contributed by atoms with Crippen molar-refractivity contribution in [1.29, 1.82) is 0 Å². The van der Waals surface area contributed by atoms with E-state index in [9.17, 15) is 25.2 Å². The first kappa shape index (κ1) is 71.8.